The van der Waals surface area contributed by atoms with Gasteiger partial charge < -0.3 is 15.5 Å². The van der Waals surface area contributed by atoms with E-state index in [-0.39, 0.29) is 5.91 Å². The number of nitrogens with one attached hydrogen (secondary N) is 2. The molecular weight excluding hydrogens is 286 g/mol. The molecule has 0 saturated carbocycles. The molecule has 23 heavy (non-hydrogen) atoms. The molecule has 1 fully saturated rings. The van der Waals surface area contributed by atoms with E-state index < -0.39 is 5.54 Å². The van der Waals surface area contributed by atoms with Crippen molar-refractivity contribution >= 4 is 5.91 Å². The van der Waals surface area contributed by atoms with Crippen LogP contribution in [0.5, 0.6) is 0 Å². The van der Waals surface area contributed by atoms with Crippen LogP contribution < -0.4 is 10.6 Å². The third-order valence-electron chi connectivity index (χ3n) is 4.68. The molecule has 120 valence electrons. The lowest BCUT2D eigenvalue weighted by Gasteiger charge is -2.33. The summed E-state index contributed by atoms with van der Waals surface area (Å²) in [6.45, 7) is 15.1. The highest BCUT2D eigenvalue weighted by molar-refractivity contribution is 5.98. The summed E-state index contributed by atoms with van der Waals surface area (Å²) in [7, 11) is 0. The van der Waals surface area contributed by atoms with Crippen LogP contribution in [0.25, 0.3) is 0 Å². The van der Waals surface area contributed by atoms with E-state index in [1.54, 1.807) is 0 Å². The van der Waals surface area contributed by atoms with Crippen molar-refractivity contribution in [3.05, 3.63) is 72.2 Å². The summed E-state index contributed by atoms with van der Waals surface area (Å²) in [5.41, 5.74) is 3.51. The van der Waals surface area contributed by atoms with E-state index in [1.165, 1.54) is 5.56 Å². The Morgan fingerprint density at radius 2 is 2.17 bits per heavy atom. The molecule has 2 aliphatic heterocycles. The highest BCUT2D eigenvalue weighted by Crippen LogP contribution is 2.31. The third-order valence-corrected chi connectivity index (χ3v) is 4.68. The smallest absolute Gasteiger partial charge is 0.254 e. The van der Waals surface area contributed by atoms with Crippen molar-refractivity contribution in [3.8, 4) is 0 Å². The van der Waals surface area contributed by atoms with Gasteiger partial charge in [0.2, 0.25) is 0 Å². The first-order valence-electron chi connectivity index (χ1n) is 7.94. The zero-order chi connectivity index (χ0) is 16.6. The molecule has 1 unspecified atom stereocenters. The van der Waals surface area contributed by atoms with Crippen molar-refractivity contribution in [2.45, 2.75) is 31.8 Å². The van der Waals surface area contributed by atoms with Gasteiger partial charge in [0.05, 0.1) is 17.9 Å². The highest BCUT2D eigenvalue weighted by Gasteiger charge is 2.42. The van der Waals surface area contributed by atoms with Crippen LogP contribution in [0, 0.1) is 0 Å². The van der Waals surface area contributed by atoms with Gasteiger partial charge in [-0.2, -0.15) is 0 Å². The monoisotopic (exact) mass is 309 g/mol. The predicted octanol–water partition coefficient (Wildman–Crippen LogP) is 2.70. The number of carbonyl (C=O) groups is 1. The number of hydrogen-bond donors (Lipinski definition) is 2. The molecule has 2 aliphatic rings. The van der Waals surface area contributed by atoms with Gasteiger partial charge in [-0.25, -0.2) is 0 Å². The lowest BCUT2D eigenvalue weighted by Crippen LogP contribution is -2.50. The first-order chi connectivity index (χ1) is 11.0. The van der Waals surface area contributed by atoms with Crippen molar-refractivity contribution in [2.75, 3.05) is 6.54 Å². The number of fused-ring (bicyclic) bond motifs is 1. The summed E-state index contributed by atoms with van der Waals surface area (Å²) in [5.74, 6) is 0.806. The molecule has 1 amide bonds. The summed E-state index contributed by atoms with van der Waals surface area (Å²) >= 11 is 0. The lowest BCUT2D eigenvalue weighted by molar-refractivity contribution is 0.0743. The second-order valence-electron chi connectivity index (χ2n) is 6.29. The number of hydrogen-bond acceptors (Lipinski definition) is 3. The fourth-order valence-corrected chi connectivity index (χ4v) is 3.40. The molecule has 4 heteroatoms. The zero-order valence-corrected chi connectivity index (χ0v) is 13.6. The molecule has 0 aliphatic carbocycles. The molecule has 1 aromatic rings. The Morgan fingerprint density at radius 1 is 1.39 bits per heavy atom. The average molecular weight is 309 g/mol. The fourth-order valence-electron chi connectivity index (χ4n) is 3.40. The molecule has 0 radical (unpaired) electrons. The summed E-state index contributed by atoms with van der Waals surface area (Å²) in [6.07, 6.45) is 3.46. The Balaban J connectivity index is 1.86. The topological polar surface area (TPSA) is 44.4 Å². The standard InChI is InChI=1S/C19H23N3O/c1-5-9-19(13(3)20-14(4)21-19)12-22-11-16-8-7-15(6-2)10-17(16)18(22)23/h5,7-8,10,20-21H,1,3-4,6,9,11-12H2,2H3. The number of amides is 1. The maximum Gasteiger partial charge on any atom is 0.254 e. The van der Waals surface area contributed by atoms with Crippen molar-refractivity contribution in [2.24, 2.45) is 0 Å². The van der Waals surface area contributed by atoms with Crippen LogP contribution in [0.1, 0.15) is 34.8 Å². The number of benzene rings is 1. The molecule has 1 saturated heterocycles. The van der Waals surface area contributed by atoms with Crippen molar-refractivity contribution in [1.29, 1.82) is 0 Å². The maximum absolute atomic E-state index is 12.8. The fraction of sp³-hybridized carbons (Fsp3) is 0.316. The first kappa shape index (κ1) is 15.4. The third kappa shape index (κ3) is 2.54. The molecule has 3 rings (SSSR count). The van der Waals surface area contributed by atoms with E-state index in [9.17, 15) is 4.79 Å². The molecule has 2 heterocycles. The Hall–Kier alpha value is -2.49. The predicted molar refractivity (Wildman–Crippen MR) is 92.7 cm³/mol. The van der Waals surface area contributed by atoms with E-state index in [1.807, 2.05) is 17.0 Å². The Kier molecular flexibility index (Phi) is 3.76. The van der Waals surface area contributed by atoms with Crippen molar-refractivity contribution in [3.63, 3.8) is 0 Å². The Morgan fingerprint density at radius 3 is 2.78 bits per heavy atom. The van der Waals surface area contributed by atoms with Crippen molar-refractivity contribution in [1.82, 2.24) is 15.5 Å². The van der Waals surface area contributed by atoms with Gasteiger partial charge in [0.1, 0.15) is 0 Å². The molecule has 1 aromatic carbocycles. The minimum Gasteiger partial charge on any atom is -0.359 e. The van der Waals surface area contributed by atoms with Gasteiger partial charge in [0, 0.05) is 17.8 Å². The van der Waals surface area contributed by atoms with Gasteiger partial charge in [-0.3, -0.25) is 4.79 Å². The van der Waals surface area contributed by atoms with Crippen LogP contribution in [0.2, 0.25) is 0 Å². The average Bonchev–Trinajstić information content (AvgIpc) is 2.97. The van der Waals surface area contributed by atoms with E-state index in [0.717, 1.165) is 23.2 Å². The van der Waals surface area contributed by atoms with Crippen LogP contribution in [0.4, 0.5) is 0 Å². The summed E-state index contributed by atoms with van der Waals surface area (Å²) in [4.78, 5) is 14.7. The van der Waals surface area contributed by atoms with E-state index >= 15 is 0 Å². The molecule has 0 spiro atoms. The van der Waals surface area contributed by atoms with Gasteiger partial charge in [-0.1, -0.05) is 38.3 Å². The van der Waals surface area contributed by atoms with Gasteiger partial charge in [0.15, 0.2) is 0 Å². The first-order valence-corrected chi connectivity index (χ1v) is 7.94. The Labute approximate surface area is 137 Å². The van der Waals surface area contributed by atoms with Crippen molar-refractivity contribution < 1.29 is 4.79 Å². The van der Waals surface area contributed by atoms with Gasteiger partial charge in [0.25, 0.3) is 5.91 Å². The van der Waals surface area contributed by atoms with E-state index in [2.05, 4.69) is 49.4 Å². The highest BCUT2D eigenvalue weighted by atomic mass is 16.2. The molecule has 2 N–H and O–H groups in total. The minimum atomic E-state index is -0.440. The summed E-state index contributed by atoms with van der Waals surface area (Å²) in [6, 6.07) is 6.19. The van der Waals surface area contributed by atoms with Crippen LogP contribution in [-0.2, 0) is 13.0 Å². The molecule has 1 atom stereocenters. The lowest BCUT2D eigenvalue weighted by atomic mass is 9.92. The van der Waals surface area contributed by atoms with Crippen LogP contribution >= 0.6 is 0 Å². The van der Waals surface area contributed by atoms with Crippen LogP contribution in [-0.4, -0.2) is 22.9 Å². The van der Waals surface area contributed by atoms with Gasteiger partial charge in [-0.15, -0.1) is 6.58 Å². The van der Waals surface area contributed by atoms with E-state index in [0.29, 0.717) is 25.3 Å². The van der Waals surface area contributed by atoms with Crippen LogP contribution in [0.15, 0.2) is 55.5 Å². The quantitative estimate of drug-likeness (QED) is 0.822. The normalized spacial score (nSPS) is 22.8. The molecule has 4 nitrogen and oxygen atoms in total. The van der Waals surface area contributed by atoms with E-state index in [4.69, 9.17) is 0 Å². The molecule has 0 bridgehead atoms. The minimum absolute atomic E-state index is 0.0887. The largest absolute Gasteiger partial charge is 0.359 e. The number of carbonyl (C=O) groups excluding carboxylic acids is 1. The Bertz CT molecular complexity index is 707. The molecule has 0 aromatic heterocycles. The zero-order valence-electron chi connectivity index (χ0n) is 13.6. The number of nitrogens with zero attached hydrogens (tertiary/aromatic N) is 1. The molecular formula is C19H23N3O. The summed E-state index contributed by atoms with van der Waals surface area (Å²) in [5, 5.41) is 6.48. The van der Waals surface area contributed by atoms with Gasteiger partial charge >= 0.3 is 0 Å². The number of aryl methyl sites for hydroxylation is 1. The SMILES string of the molecule is C=CCC1(CN2Cc3ccc(CC)cc3C2=O)NC(=C)NC1=C. The second kappa shape index (κ2) is 5.61. The second-order valence-corrected chi connectivity index (χ2v) is 6.29. The van der Waals surface area contributed by atoms with Crippen LogP contribution in [0.3, 0.4) is 0 Å². The maximum atomic E-state index is 12.8. The summed E-state index contributed by atoms with van der Waals surface area (Å²) < 4.78 is 0. The number of rotatable bonds is 5. The van der Waals surface area contributed by atoms with Gasteiger partial charge in [-0.05, 0) is 30.0 Å².